The van der Waals surface area contributed by atoms with Crippen molar-refractivity contribution in [2.45, 2.75) is 13.8 Å². The van der Waals surface area contributed by atoms with Crippen LogP contribution in [0.1, 0.15) is 13.8 Å². The highest BCUT2D eigenvalue weighted by molar-refractivity contribution is 5.50. The Kier molecular flexibility index (Phi) is 3.27. The lowest BCUT2D eigenvalue weighted by Crippen LogP contribution is -2.08. The van der Waals surface area contributed by atoms with Gasteiger partial charge in [0.2, 0.25) is 5.88 Å². The summed E-state index contributed by atoms with van der Waals surface area (Å²) in [5.74, 6) is 1.66. The molecule has 0 amide bonds. The first-order valence-corrected chi connectivity index (χ1v) is 5.54. The molecule has 2 rings (SSSR count). The van der Waals surface area contributed by atoms with Crippen LogP contribution in [0.3, 0.4) is 0 Å². The third-order valence-electron chi connectivity index (χ3n) is 2.20. The number of ether oxygens (including phenoxy) is 1. The van der Waals surface area contributed by atoms with Gasteiger partial charge in [0, 0.05) is 12.4 Å². The van der Waals surface area contributed by atoms with Crippen molar-refractivity contribution in [2.24, 2.45) is 5.92 Å². The normalized spacial score (nSPS) is 10.8. The maximum absolute atomic E-state index is 5.82. The lowest BCUT2D eigenvalue weighted by Gasteiger charge is -2.11. The van der Waals surface area contributed by atoms with Crippen LogP contribution in [0.25, 0.3) is 5.82 Å². The molecule has 2 aromatic heterocycles. The number of nitrogen functional groups attached to an aromatic ring is 1. The molecule has 0 saturated carbocycles. The van der Waals surface area contributed by atoms with E-state index in [1.807, 2.05) is 16.8 Å². The molecule has 2 aromatic rings. The number of hydrogen-bond acceptors (Lipinski definition) is 4. The quantitative estimate of drug-likeness (QED) is 0.874. The second-order valence-electron chi connectivity index (χ2n) is 4.24. The van der Waals surface area contributed by atoms with Crippen molar-refractivity contribution < 1.29 is 4.74 Å². The van der Waals surface area contributed by atoms with E-state index in [1.54, 1.807) is 18.6 Å². The summed E-state index contributed by atoms with van der Waals surface area (Å²) < 4.78 is 7.37. The zero-order valence-electron chi connectivity index (χ0n) is 10.00. The fourth-order valence-corrected chi connectivity index (χ4v) is 1.34. The van der Waals surface area contributed by atoms with Crippen LogP contribution >= 0.6 is 0 Å². The van der Waals surface area contributed by atoms with Crippen molar-refractivity contribution >= 4 is 5.69 Å². The van der Waals surface area contributed by atoms with E-state index in [1.165, 1.54) is 0 Å². The first-order chi connectivity index (χ1) is 8.16. The zero-order chi connectivity index (χ0) is 12.3. The highest BCUT2D eigenvalue weighted by atomic mass is 16.5. The molecular weight excluding hydrogens is 216 g/mol. The molecule has 2 N–H and O–H groups in total. The molecule has 0 bridgehead atoms. The lowest BCUT2D eigenvalue weighted by molar-refractivity contribution is 0.263. The summed E-state index contributed by atoms with van der Waals surface area (Å²) in [4.78, 5) is 8.34. The van der Waals surface area contributed by atoms with Gasteiger partial charge in [-0.1, -0.05) is 13.8 Å². The van der Waals surface area contributed by atoms with E-state index < -0.39 is 0 Å². The number of aromatic nitrogens is 3. The fourth-order valence-electron chi connectivity index (χ4n) is 1.34. The lowest BCUT2D eigenvalue weighted by atomic mass is 10.2. The van der Waals surface area contributed by atoms with E-state index >= 15 is 0 Å². The van der Waals surface area contributed by atoms with Gasteiger partial charge >= 0.3 is 0 Å². The predicted octanol–water partition coefficient (Wildman–Crippen LogP) is 1.88. The Morgan fingerprint density at radius 3 is 2.88 bits per heavy atom. The Hall–Kier alpha value is -2.04. The van der Waals surface area contributed by atoms with Crippen molar-refractivity contribution in [3.8, 4) is 11.7 Å². The minimum Gasteiger partial charge on any atom is -0.476 e. The van der Waals surface area contributed by atoms with Crippen molar-refractivity contribution in [1.29, 1.82) is 0 Å². The fraction of sp³-hybridized carbons (Fsp3) is 0.333. The monoisotopic (exact) mass is 232 g/mol. The van der Waals surface area contributed by atoms with Crippen LogP contribution < -0.4 is 10.5 Å². The Balaban J connectivity index is 2.23. The minimum atomic E-state index is 0.438. The van der Waals surface area contributed by atoms with Crippen LogP contribution in [-0.4, -0.2) is 21.1 Å². The predicted molar refractivity (Wildman–Crippen MR) is 66.1 cm³/mol. The van der Waals surface area contributed by atoms with Gasteiger partial charge in [0.05, 0.1) is 12.3 Å². The second-order valence-corrected chi connectivity index (χ2v) is 4.24. The van der Waals surface area contributed by atoms with E-state index in [-0.39, 0.29) is 0 Å². The smallest absolute Gasteiger partial charge is 0.239 e. The minimum absolute atomic E-state index is 0.438. The molecule has 17 heavy (non-hydrogen) atoms. The third kappa shape index (κ3) is 2.75. The van der Waals surface area contributed by atoms with E-state index in [2.05, 4.69) is 23.8 Å². The van der Waals surface area contributed by atoms with Gasteiger partial charge in [-0.25, -0.2) is 4.98 Å². The van der Waals surface area contributed by atoms with E-state index in [0.29, 0.717) is 24.1 Å². The number of nitrogens with zero attached hydrogens (tertiary/aromatic N) is 3. The summed E-state index contributed by atoms with van der Waals surface area (Å²) in [6.07, 6.45) is 5.21. The molecule has 0 spiro atoms. The largest absolute Gasteiger partial charge is 0.476 e. The Morgan fingerprint density at radius 1 is 1.41 bits per heavy atom. The second kappa shape index (κ2) is 4.86. The number of anilines is 1. The maximum atomic E-state index is 5.82. The molecule has 0 aliphatic heterocycles. The number of hydrogen-bond donors (Lipinski definition) is 1. The molecule has 2 heterocycles. The Labute approximate surface area is 100 Å². The van der Waals surface area contributed by atoms with Crippen LogP contribution in [0.4, 0.5) is 5.69 Å². The van der Waals surface area contributed by atoms with Gasteiger partial charge in [-0.05, 0) is 18.1 Å². The van der Waals surface area contributed by atoms with Gasteiger partial charge in [-0.15, -0.1) is 0 Å². The first-order valence-electron chi connectivity index (χ1n) is 5.54. The average molecular weight is 232 g/mol. The Morgan fingerprint density at radius 2 is 2.24 bits per heavy atom. The van der Waals surface area contributed by atoms with E-state index in [0.717, 1.165) is 5.82 Å². The molecule has 0 radical (unpaired) electrons. The van der Waals surface area contributed by atoms with Gasteiger partial charge in [-0.2, -0.15) is 4.98 Å². The van der Waals surface area contributed by atoms with Crippen molar-refractivity contribution in [3.63, 3.8) is 0 Å². The molecular formula is C12H16N4O. The first kappa shape index (κ1) is 11.4. The average Bonchev–Trinajstić information content (AvgIpc) is 2.81. The summed E-state index contributed by atoms with van der Waals surface area (Å²) >= 11 is 0. The summed E-state index contributed by atoms with van der Waals surface area (Å²) in [5, 5.41) is 0. The molecule has 0 atom stereocenters. The number of imidazole rings is 1. The van der Waals surface area contributed by atoms with Crippen LogP contribution in [0, 0.1) is 5.92 Å². The standard InChI is InChI=1S/C12H16N4O/c1-9(2)7-17-12-10(13)3-4-11(15-12)16-6-5-14-8-16/h3-6,8-9H,7,13H2,1-2H3. The topological polar surface area (TPSA) is 66.0 Å². The van der Waals surface area contributed by atoms with Crippen molar-refractivity contribution in [3.05, 3.63) is 30.9 Å². The molecule has 90 valence electrons. The summed E-state index contributed by atoms with van der Waals surface area (Å²) in [6.45, 7) is 4.76. The maximum Gasteiger partial charge on any atom is 0.239 e. The van der Waals surface area contributed by atoms with Crippen molar-refractivity contribution in [1.82, 2.24) is 14.5 Å². The summed E-state index contributed by atoms with van der Waals surface area (Å²) in [5.41, 5.74) is 6.37. The molecule has 0 unspecified atom stereocenters. The highest BCUT2D eigenvalue weighted by Crippen LogP contribution is 2.20. The van der Waals surface area contributed by atoms with Crippen LogP contribution in [-0.2, 0) is 0 Å². The molecule has 0 saturated heterocycles. The van der Waals surface area contributed by atoms with Crippen molar-refractivity contribution in [2.75, 3.05) is 12.3 Å². The third-order valence-corrected chi connectivity index (χ3v) is 2.20. The van der Waals surface area contributed by atoms with Gasteiger partial charge in [-0.3, -0.25) is 4.57 Å². The highest BCUT2D eigenvalue weighted by Gasteiger charge is 2.06. The van der Waals surface area contributed by atoms with Gasteiger partial charge < -0.3 is 10.5 Å². The van der Waals surface area contributed by atoms with Crippen LogP contribution in [0.15, 0.2) is 30.9 Å². The van der Waals surface area contributed by atoms with E-state index in [4.69, 9.17) is 10.5 Å². The summed E-state index contributed by atoms with van der Waals surface area (Å²) in [6, 6.07) is 3.62. The van der Waals surface area contributed by atoms with Crippen LogP contribution in [0.5, 0.6) is 5.88 Å². The number of rotatable bonds is 4. The number of pyridine rings is 1. The molecule has 5 heteroatoms. The molecule has 5 nitrogen and oxygen atoms in total. The van der Waals surface area contributed by atoms with Gasteiger partial charge in [0.15, 0.2) is 0 Å². The Bertz CT molecular complexity index is 479. The van der Waals surface area contributed by atoms with Gasteiger partial charge in [0.25, 0.3) is 0 Å². The molecule has 0 aliphatic rings. The van der Waals surface area contributed by atoms with E-state index in [9.17, 15) is 0 Å². The van der Waals surface area contributed by atoms with Crippen LogP contribution in [0.2, 0.25) is 0 Å². The molecule has 0 aliphatic carbocycles. The molecule has 0 fully saturated rings. The SMILES string of the molecule is CC(C)COc1nc(-n2ccnc2)ccc1N. The molecule has 0 aromatic carbocycles. The number of nitrogens with two attached hydrogens (primary N) is 1. The summed E-state index contributed by atoms with van der Waals surface area (Å²) in [7, 11) is 0. The zero-order valence-corrected chi connectivity index (χ0v) is 10.00. The van der Waals surface area contributed by atoms with Gasteiger partial charge in [0.1, 0.15) is 12.1 Å².